The van der Waals surface area contributed by atoms with E-state index in [-0.39, 0.29) is 10.1 Å². The molecule has 1 heterocycles. The van der Waals surface area contributed by atoms with Gasteiger partial charge < -0.3 is 4.90 Å². The van der Waals surface area contributed by atoms with Crippen LogP contribution >= 0.6 is 11.3 Å². The number of nitro groups is 1. The molecule has 22 heavy (non-hydrogen) atoms. The molecule has 0 aliphatic rings. The molecule has 0 bridgehead atoms. The van der Waals surface area contributed by atoms with Crippen LogP contribution in [0.3, 0.4) is 0 Å². The third-order valence-corrected chi connectivity index (χ3v) is 3.84. The zero-order valence-electron chi connectivity index (χ0n) is 12.5. The lowest BCUT2D eigenvalue weighted by molar-refractivity contribution is -0.380. The van der Waals surface area contributed by atoms with Crippen molar-refractivity contribution in [3.05, 3.63) is 40.6 Å². The summed E-state index contributed by atoms with van der Waals surface area (Å²) < 4.78 is 0. The van der Waals surface area contributed by atoms with Gasteiger partial charge in [-0.25, -0.2) is 4.98 Å². The highest BCUT2D eigenvalue weighted by Gasteiger charge is 2.10. The van der Waals surface area contributed by atoms with Crippen molar-refractivity contribution < 1.29 is 4.92 Å². The molecule has 0 atom stereocenters. The molecule has 0 spiro atoms. The maximum atomic E-state index is 10.6. The van der Waals surface area contributed by atoms with Crippen LogP contribution in [0.1, 0.15) is 20.3 Å². The first-order valence-corrected chi connectivity index (χ1v) is 7.82. The molecule has 0 saturated heterocycles. The lowest BCUT2D eigenvalue weighted by Gasteiger charge is -2.22. The van der Waals surface area contributed by atoms with Crippen molar-refractivity contribution in [1.82, 2.24) is 4.98 Å². The van der Waals surface area contributed by atoms with Gasteiger partial charge in [-0.2, -0.15) is 0 Å². The van der Waals surface area contributed by atoms with Crippen LogP contribution in [0.5, 0.6) is 0 Å². The Bertz CT molecular complexity index is 654. The van der Waals surface area contributed by atoms with Gasteiger partial charge in [0, 0.05) is 18.8 Å². The van der Waals surface area contributed by atoms with E-state index in [1.165, 1.54) is 6.20 Å². The Balaban J connectivity index is 2.06. The quantitative estimate of drug-likeness (QED) is 0.420. The summed E-state index contributed by atoms with van der Waals surface area (Å²) in [6.45, 7) is 6.24. The smallest absolute Gasteiger partial charge is 0.345 e. The van der Waals surface area contributed by atoms with Crippen molar-refractivity contribution in [2.45, 2.75) is 20.3 Å². The van der Waals surface area contributed by atoms with E-state index in [1.54, 1.807) is 0 Å². The molecule has 0 aliphatic carbocycles. The highest BCUT2D eigenvalue weighted by atomic mass is 32.1. The molecule has 1 aromatic carbocycles. The van der Waals surface area contributed by atoms with Gasteiger partial charge in [0.2, 0.25) is 5.13 Å². The average Bonchev–Trinajstić information content (AvgIpc) is 3.00. The minimum Gasteiger partial charge on any atom is -0.372 e. The van der Waals surface area contributed by atoms with Crippen LogP contribution in [0.25, 0.3) is 0 Å². The predicted octanol–water partition coefficient (Wildman–Crippen LogP) is 4.70. The van der Waals surface area contributed by atoms with Crippen molar-refractivity contribution in [2.24, 2.45) is 10.2 Å². The van der Waals surface area contributed by atoms with Gasteiger partial charge in [-0.1, -0.05) is 6.92 Å². The standard InChI is InChI=1S/C14H17N5O2S/c1-3-9-18(4-2)12-7-5-11(6-8-12)16-17-14-15-10-13(22-14)19(20)21/h5-8,10H,3-4,9H2,1-2H3. The number of rotatable bonds is 7. The number of thiazole rings is 1. The average molecular weight is 319 g/mol. The number of aromatic nitrogens is 1. The topological polar surface area (TPSA) is 84.0 Å². The molecule has 0 N–H and O–H groups in total. The molecule has 1 aromatic heterocycles. The summed E-state index contributed by atoms with van der Waals surface area (Å²) in [4.78, 5) is 16.2. The predicted molar refractivity (Wildman–Crippen MR) is 87.6 cm³/mol. The van der Waals surface area contributed by atoms with E-state index >= 15 is 0 Å². The molecule has 0 radical (unpaired) electrons. The fourth-order valence-corrected chi connectivity index (χ4v) is 2.51. The summed E-state index contributed by atoms with van der Waals surface area (Å²) in [6.07, 6.45) is 2.28. The number of nitrogens with zero attached hydrogens (tertiary/aromatic N) is 5. The molecule has 0 fully saturated rings. The van der Waals surface area contributed by atoms with Gasteiger partial charge in [-0.3, -0.25) is 10.1 Å². The highest BCUT2D eigenvalue weighted by molar-refractivity contribution is 7.18. The van der Waals surface area contributed by atoms with Crippen LogP contribution in [-0.2, 0) is 0 Å². The fraction of sp³-hybridized carbons (Fsp3) is 0.357. The second kappa shape index (κ2) is 7.60. The van der Waals surface area contributed by atoms with Crippen LogP contribution in [0.2, 0.25) is 0 Å². The summed E-state index contributed by atoms with van der Waals surface area (Å²) in [6, 6.07) is 7.74. The second-order valence-corrected chi connectivity index (χ2v) is 5.52. The largest absolute Gasteiger partial charge is 0.372 e. The summed E-state index contributed by atoms with van der Waals surface area (Å²) in [5.41, 5.74) is 1.84. The van der Waals surface area contributed by atoms with Gasteiger partial charge >= 0.3 is 5.00 Å². The molecule has 116 valence electrons. The molecular weight excluding hydrogens is 302 g/mol. The Morgan fingerprint density at radius 2 is 2.00 bits per heavy atom. The van der Waals surface area contributed by atoms with Gasteiger partial charge in [-0.15, -0.1) is 10.2 Å². The second-order valence-electron chi connectivity index (χ2n) is 4.53. The highest BCUT2D eigenvalue weighted by Crippen LogP contribution is 2.29. The van der Waals surface area contributed by atoms with E-state index in [2.05, 4.69) is 34.0 Å². The lowest BCUT2D eigenvalue weighted by atomic mass is 10.2. The van der Waals surface area contributed by atoms with Crippen molar-refractivity contribution in [3.8, 4) is 0 Å². The monoisotopic (exact) mass is 319 g/mol. The van der Waals surface area contributed by atoms with Crippen LogP contribution in [0, 0.1) is 10.1 Å². The zero-order valence-corrected chi connectivity index (χ0v) is 13.3. The van der Waals surface area contributed by atoms with Gasteiger partial charge in [0.1, 0.15) is 6.20 Å². The van der Waals surface area contributed by atoms with E-state index in [0.29, 0.717) is 5.69 Å². The first-order chi connectivity index (χ1) is 10.6. The van der Waals surface area contributed by atoms with E-state index in [4.69, 9.17) is 0 Å². The Kier molecular flexibility index (Phi) is 5.54. The molecule has 2 aromatic rings. The Hall–Kier alpha value is -2.35. The van der Waals surface area contributed by atoms with Gasteiger partial charge in [0.05, 0.1) is 10.6 Å². The Morgan fingerprint density at radius 1 is 1.27 bits per heavy atom. The molecule has 7 nitrogen and oxygen atoms in total. The van der Waals surface area contributed by atoms with Crippen LogP contribution in [-0.4, -0.2) is 23.0 Å². The molecule has 0 saturated carbocycles. The van der Waals surface area contributed by atoms with Gasteiger partial charge in [0.15, 0.2) is 0 Å². The molecule has 0 unspecified atom stereocenters. The zero-order chi connectivity index (χ0) is 15.9. The molecule has 8 heteroatoms. The summed E-state index contributed by atoms with van der Waals surface area (Å²) >= 11 is 0.900. The van der Waals surface area contributed by atoms with Gasteiger partial charge in [0.25, 0.3) is 0 Å². The summed E-state index contributed by atoms with van der Waals surface area (Å²) in [7, 11) is 0. The van der Waals surface area contributed by atoms with E-state index in [1.807, 2.05) is 24.3 Å². The third-order valence-electron chi connectivity index (χ3n) is 3.00. The first kappa shape index (κ1) is 16.0. The lowest BCUT2D eigenvalue weighted by Crippen LogP contribution is -2.23. The summed E-state index contributed by atoms with van der Waals surface area (Å²) in [5.74, 6) is 0. The van der Waals surface area contributed by atoms with E-state index in [9.17, 15) is 10.1 Å². The van der Waals surface area contributed by atoms with Crippen LogP contribution in [0.4, 0.5) is 21.5 Å². The molecular formula is C14H17N5O2S. The Morgan fingerprint density at radius 3 is 2.55 bits per heavy atom. The number of benzene rings is 1. The van der Waals surface area contributed by atoms with E-state index in [0.717, 1.165) is 36.5 Å². The number of hydrogen-bond donors (Lipinski definition) is 0. The van der Waals surface area contributed by atoms with Crippen LogP contribution in [0.15, 0.2) is 40.7 Å². The normalized spacial score (nSPS) is 11.0. The minimum atomic E-state index is -0.488. The SMILES string of the molecule is CCCN(CC)c1ccc(N=Nc2ncc([N+](=O)[O-])s2)cc1. The fourth-order valence-electron chi connectivity index (χ4n) is 1.96. The van der Waals surface area contributed by atoms with Crippen molar-refractivity contribution in [2.75, 3.05) is 18.0 Å². The molecule has 2 rings (SSSR count). The van der Waals surface area contributed by atoms with Crippen LogP contribution < -0.4 is 4.90 Å². The third kappa shape index (κ3) is 4.08. The molecule has 0 amide bonds. The first-order valence-electron chi connectivity index (χ1n) is 7.01. The molecule has 0 aliphatic heterocycles. The minimum absolute atomic E-state index is 0.0394. The van der Waals surface area contributed by atoms with E-state index < -0.39 is 4.92 Å². The Labute approximate surface area is 132 Å². The number of azo groups is 1. The number of hydrogen-bond acceptors (Lipinski definition) is 7. The summed E-state index contributed by atoms with van der Waals surface area (Å²) in [5, 5.41) is 18.8. The maximum Gasteiger partial charge on any atom is 0.345 e. The van der Waals surface area contributed by atoms with Crippen molar-refractivity contribution in [1.29, 1.82) is 0 Å². The van der Waals surface area contributed by atoms with Crippen molar-refractivity contribution in [3.63, 3.8) is 0 Å². The van der Waals surface area contributed by atoms with Gasteiger partial charge in [-0.05, 0) is 48.9 Å². The number of anilines is 1. The maximum absolute atomic E-state index is 10.6. The van der Waals surface area contributed by atoms with Crippen molar-refractivity contribution >= 4 is 32.8 Å².